The van der Waals surface area contributed by atoms with Gasteiger partial charge < -0.3 is 4.90 Å². The molecule has 0 radical (unpaired) electrons. The molecule has 2 aliphatic carbocycles. The smallest absolute Gasteiger partial charge is 0.0465 e. The molecule has 0 fully saturated rings. The van der Waals surface area contributed by atoms with E-state index in [9.17, 15) is 0 Å². The maximum atomic E-state index is 2.47. The fourth-order valence-corrected chi connectivity index (χ4v) is 9.21. The van der Waals surface area contributed by atoms with Crippen LogP contribution in [0.2, 0.25) is 0 Å². The molecule has 0 heterocycles. The summed E-state index contributed by atoms with van der Waals surface area (Å²) in [7, 11) is 0. The molecule has 0 spiro atoms. The van der Waals surface area contributed by atoms with E-state index in [-0.39, 0.29) is 10.8 Å². The Morgan fingerprint density at radius 1 is 0.449 bits per heavy atom. The lowest BCUT2D eigenvalue weighted by atomic mass is 9.74. The highest BCUT2D eigenvalue weighted by Crippen LogP contribution is 2.56. The first-order valence-electron chi connectivity index (χ1n) is 17.8. The molecule has 49 heavy (non-hydrogen) atoms. The molecular formula is C48H41N. The highest BCUT2D eigenvalue weighted by molar-refractivity contribution is 6.08. The summed E-state index contributed by atoms with van der Waals surface area (Å²) in [6.07, 6.45) is 2.15. The van der Waals surface area contributed by atoms with E-state index in [0.29, 0.717) is 0 Å². The van der Waals surface area contributed by atoms with Gasteiger partial charge in [-0.05, 0) is 122 Å². The van der Waals surface area contributed by atoms with Crippen molar-refractivity contribution in [2.45, 2.75) is 51.4 Å². The van der Waals surface area contributed by atoms with Crippen LogP contribution in [0.5, 0.6) is 0 Å². The molecule has 1 nitrogen and oxygen atoms in total. The Labute approximate surface area is 290 Å². The van der Waals surface area contributed by atoms with Gasteiger partial charge in [-0.2, -0.15) is 0 Å². The van der Waals surface area contributed by atoms with Crippen LogP contribution in [0.3, 0.4) is 0 Å². The van der Waals surface area contributed by atoms with E-state index in [0.717, 1.165) is 24.2 Å². The minimum atomic E-state index is -0.0613. The van der Waals surface area contributed by atoms with Crippen LogP contribution in [0.25, 0.3) is 44.2 Å². The van der Waals surface area contributed by atoms with Crippen LogP contribution in [0.15, 0.2) is 152 Å². The SMILES string of the molecule is CCC1(CC)c2ccccc2-c2ccc(N(c3ccccc3)c3ccc(-c4c5c(cc6ccccc46)C(C)(C)c4ccccc4-5)cc3)cc21. The second-order valence-electron chi connectivity index (χ2n) is 14.3. The molecule has 1 heteroatoms. The molecule has 0 unspecified atom stereocenters. The zero-order valence-electron chi connectivity index (χ0n) is 28.8. The molecule has 0 N–H and O–H groups in total. The van der Waals surface area contributed by atoms with E-state index in [1.807, 2.05) is 0 Å². The first-order chi connectivity index (χ1) is 24.0. The Bertz CT molecular complexity index is 2370. The first kappa shape index (κ1) is 29.7. The summed E-state index contributed by atoms with van der Waals surface area (Å²) in [5.41, 5.74) is 17.3. The summed E-state index contributed by atoms with van der Waals surface area (Å²) in [6, 6.07) is 56.6. The van der Waals surface area contributed by atoms with Crippen molar-refractivity contribution < 1.29 is 0 Å². The van der Waals surface area contributed by atoms with Crippen molar-refractivity contribution in [3.05, 3.63) is 174 Å². The third-order valence-electron chi connectivity index (χ3n) is 11.7. The minimum Gasteiger partial charge on any atom is -0.310 e. The molecule has 0 bridgehead atoms. The topological polar surface area (TPSA) is 3.24 Å². The van der Waals surface area contributed by atoms with Crippen molar-refractivity contribution in [3.63, 3.8) is 0 Å². The lowest BCUT2D eigenvalue weighted by Gasteiger charge is -2.31. The van der Waals surface area contributed by atoms with Crippen molar-refractivity contribution in [1.82, 2.24) is 0 Å². The van der Waals surface area contributed by atoms with Crippen molar-refractivity contribution in [2.24, 2.45) is 0 Å². The number of benzene rings is 7. The molecule has 0 aromatic heterocycles. The van der Waals surface area contributed by atoms with Crippen LogP contribution in [0.4, 0.5) is 17.1 Å². The Morgan fingerprint density at radius 2 is 1.04 bits per heavy atom. The molecule has 0 saturated carbocycles. The predicted octanol–water partition coefficient (Wildman–Crippen LogP) is 13.4. The maximum absolute atomic E-state index is 2.47. The zero-order chi connectivity index (χ0) is 33.3. The lowest BCUT2D eigenvalue weighted by Crippen LogP contribution is -2.23. The van der Waals surface area contributed by atoms with Gasteiger partial charge >= 0.3 is 0 Å². The third-order valence-corrected chi connectivity index (χ3v) is 11.7. The highest BCUT2D eigenvalue weighted by atomic mass is 15.1. The monoisotopic (exact) mass is 631 g/mol. The molecule has 0 aliphatic heterocycles. The number of nitrogens with zero attached hydrogens (tertiary/aromatic N) is 1. The van der Waals surface area contributed by atoms with E-state index < -0.39 is 0 Å². The van der Waals surface area contributed by atoms with Crippen LogP contribution in [0, 0.1) is 0 Å². The zero-order valence-corrected chi connectivity index (χ0v) is 28.8. The van der Waals surface area contributed by atoms with Gasteiger partial charge in [0.1, 0.15) is 0 Å². The van der Waals surface area contributed by atoms with Gasteiger partial charge in [0.2, 0.25) is 0 Å². The van der Waals surface area contributed by atoms with E-state index in [1.54, 1.807) is 0 Å². The highest BCUT2D eigenvalue weighted by Gasteiger charge is 2.41. The van der Waals surface area contributed by atoms with Gasteiger partial charge in [-0.25, -0.2) is 0 Å². The standard InChI is InChI=1S/C48H41N/c1-5-48(6-2)42-23-15-12-20-38(42)39-29-28-36(31-43(39)48)49(34-17-8-7-9-18-34)35-26-24-32(25-27-35)45-37-19-11-10-16-33(37)30-44-46(45)40-21-13-14-22-41(40)47(44,3)4/h7-31H,5-6H2,1-4H3. The van der Waals surface area contributed by atoms with Crippen LogP contribution < -0.4 is 4.90 Å². The van der Waals surface area contributed by atoms with Gasteiger partial charge in [0.15, 0.2) is 0 Å². The van der Waals surface area contributed by atoms with E-state index in [2.05, 4.69) is 184 Å². The Kier molecular flexibility index (Phi) is 6.71. The summed E-state index contributed by atoms with van der Waals surface area (Å²) < 4.78 is 0. The normalized spacial score (nSPS) is 14.6. The molecule has 0 saturated heterocycles. The lowest BCUT2D eigenvalue weighted by molar-refractivity contribution is 0.490. The maximum Gasteiger partial charge on any atom is 0.0465 e. The molecular weight excluding hydrogens is 591 g/mol. The van der Waals surface area contributed by atoms with E-state index in [4.69, 9.17) is 0 Å². The Morgan fingerprint density at radius 3 is 1.80 bits per heavy atom. The number of fused-ring (bicyclic) bond motifs is 7. The largest absolute Gasteiger partial charge is 0.310 e. The molecule has 9 rings (SSSR count). The van der Waals surface area contributed by atoms with Gasteiger partial charge in [0, 0.05) is 27.9 Å². The van der Waals surface area contributed by atoms with Gasteiger partial charge in [0.05, 0.1) is 0 Å². The van der Waals surface area contributed by atoms with Gasteiger partial charge in [-0.15, -0.1) is 0 Å². The van der Waals surface area contributed by atoms with Crippen molar-refractivity contribution >= 4 is 27.8 Å². The van der Waals surface area contributed by atoms with Crippen LogP contribution in [0.1, 0.15) is 62.8 Å². The average Bonchev–Trinajstić information content (AvgIpc) is 3.56. The summed E-state index contributed by atoms with van der Waals surface area (Å²) in [5.74, 6) is 0. The predicted molar refractivity (Wildman–Crippen MR) is 208 cm³/mol. The minimum absolute atomic E-state index is 0.0208. The fourth-order valence-electron chi connectivity index (χ4n) is 9.21. The fraction of sp³-hybridized carbons (Fsp3) is 0.167. The molecule has 7 aromatic rings. The quantitative estimate of drug-likeness (QED) is 0.176. The van der Waals surface area contributed by atoms with Crippen LogP contribution >= 0.6 is 0 Å². The summed E-state index contributed by atoms with van der Waals surface area (Å²) >= 11 is 0. The molecule has 0 amide bonds. The third kappa shape index (κ3) is 4.25. The van der Waals surface area contributed by atoms with Crippen LogP contribution in [-0.4, -0.2) is 0 Å². The number of rotatable bonds is 6. The summed E-state index contributed by atoms with van der Waals surface area (Å²) in [6.45, 7) is 9.44. The Hall–Kier alpha value is -5.40. The van der Waals surface area contributed by atoms with Crippen LogP contribution in [-0.2, 0) is 10.8 Å². The second-order valence-corrected chi connectivity index (χ2v) is 14.3. The van der Waals surface area contributed by atoms with E-state index in [1.165, 1.54) is 72.1 Å². The van der Waals surface area contributed by atoms with E-state index >= 15 is 0 Å². The van der Waals surface area contributed by atoms with Gasteiger partial charge in [0.25, 0.3) is 0 Å². The number of hydrogen-bond acceptors (Lipinski definition) is 1. The molecule has 7 aromatic carbocycles. The average molecular weight is 632 g/mol. The molecule has 238 valence electrons. The van der Waals surface area contributed by atoms with Gasteiger partial charge in [-0.3, -0.25) is 0 Å². The second kappa shape index (κ2) is 11.1. The molecule has 2 aliphatic rings. The van der Waals surface area contributed by atoms with Crippen molar-refractivity contribution in [2.75, 3.05) is 4.90 Å². The number of hydrogen-bond donors (Lipinski definition) is 0. The number of para-hydroxylation sites is 1. The summed E-state index contributed by atoms with van der Waals surface area (Å²) in [4.78, 5) is 2.43. The number of anilines is 3. The van der Waals surface area contributed by atoms with Gasteiger partial charge in [-0.1, -0.05) is 137 Å². The van der Waals surface area contributed by atoms with Crippen molar-refractivity contribution in [3.8, 4) is 33.4 Å². The van der Waals surface area contributed by atoms with Crippen molar-refractivity contribution in [1.29, 1.82) is 0 Å². The first-order valence-corrected chi connectivity index (χ1v) is 17.8. The molecule has 0 atom stereocenters. The Balaban J connectivity index is 1.21. The summed E-state index contributed by atoms with van der Waals surface area (Å²) in [5, 5.41) is 2.59.